The van der Waals surface area contributed by atoms with Crippen molar-refractivity contribution in [3.05, 3.63) is 64.1 Å². The first-order valence-corrected chi connectivity index (χ1v) is 6.40. The molecule has 0 aliphatic heterocycles. The lowest BCUT2D eigenvalue weighted by Gasteiger charge is -2.07. The molecule has 4 heteroatoms. The summed E-state index contributed by atoms with van der Waals surface area (Å²) in [5, 5.41) is 8.92. The highest BCUT2D eigenvalue weighted by molar-refractivity contribution is 9.10. The quantitative estimate of drug-likeness (QED) is 0.810. The number of hydrogen-bond donors (Lipinski definition) is 0. The lowest BCUT2D eigenvalue weighted by atomic mass is 10.1. The van der Waals surface area contributed by atoms with E-state index in [1.807, 2.05) is 12.1 Å². The Labute approximate surface area is 119 Å². The van der Waals surface area contributed by atoms with Gasteiger partial charge < -0.3 is 4.74 Å². The lowest BCUT2D eigenvalue weighted by Crippen LogP contribution is -2.12. The third-order valence-corrected chi connectivity index (χ3v) is 3.01. The second-order valence-corrected chi connectivity index (χ2v) is 4.75. The molecule has 2 aromatic rings. The van der Waals surface area contributed by atoms with Crippen molar-refractivity contribution in [2.24, 2.45) is 0 Å². The van der Waals surface area contributed by atoms with Gasteiger partial charge in [-0.25, -0.2) is 0 Å². The first-order valence-electron chi connectivity index (χ1n) is 5.61. The van der Waals surface area contributed by atoms with Gasteiger partial charge in [-0.1, -0.05) is 40.2 Å². The number of ether oxygens (including phenoxy) is 1. The molecule has 0 spiro atoms. The Kier molecular flexibility index (Phi) is 4.32. The summed E-state index contributed by atoms with van der Waals surface area (Å²) >= 11 is 3.31. The van der Waals surface area contributed by atoms with Gasteiger partial charge in [0, 0.05) is 10.0 Å². The van der Waals surface area contributed by atoms with E-state index in [0.717, 1.165) is 4.47 Å². The fourth-order valence-electron chi connectivity index (χ4n) is 1.57. The molecule has 0 aromatic heterocycles. The number of hydrogen-bond acceptors (Lipinski definition) is 3. The van der Waals surface area contributed by atoms with Gasteiger partial charge in [0.25, 0.3) is 0 Å². The van der Waals surface area contributed by atoms with Gasteiger partial charge >= 0.3 is 0 Å². The van der Waals surface area contributed by atoms with Gasteiger partial charge in [-0.05, 0) is 24.3 Å². The first kappa shape index (κ1) is 13.3. The maximum absolute atomic E-state index is 11.9. The van der Waals surface area contributed by atoms with E-state index in [4.69, 9.17) is 10.00 Å². The van der Waals surface area contributed by atoms with E-state index in [-0.39, 0.29) is 12.4 Å². The van der Waals surface area contributed by atoms with Crippen LogP contribution in [0.2, 0.25) is 0 Å². The van der Waals surface area contributed by atoms with Gasteiger partial charge in [0.2, 0.25) is 0 Å². The summed E-state index contributed by atoms with van der Waals surface area (Å²) in [5.41, 5.74) is 0.994. The number of ketones is 1. The van der Waals surface area contributed by atoms with Crippen molar-refractivity contribution >= 4 is 21.7 Å². The molecular weight excluding hydrogens is 306 g/mol. The molecule has 0 amide bonds. The van der Waals surface area contributed by atoms with Gasteiger partial charge in [0.15, 0.2) is 12.4 Å². The number of halogens is 1. The number of nitrogens with zero attached hydrogens (tertiary/aromatic N) is 1. The van der Waals surface area contributed by atoms with Crippen molar-refractivity contribution in [1.29, 1.82) is 5.26 Å². The molecule has 0 atom stereocenters. The van der Waals surface area contributed by atoms with Crippen molar-refractivity contribution in [1.82, 2.24) is 0 Å². The van der Waals surface area contributed by atoms with Gasteiger partial charge in [-0.15, -0.1) is 0 Å². The monoisotopic (exact) mass is 315 g/mol. The molecule has 0 saturated carbocycles. The van der Waals surface area contributed by atoms with E-state index in [0.29, 0.717) is 16.9 Å². The zero-order valence-electron chi connectivity index (χ0n) is 9.97. The molecule has 0 fully saturated rings. The van der Waals surface area contributed by atoms with Crippen molar-refractivity contribution < 1.29 is 9.53 Å². The third-order valence-electron chi connectivity index (χ3n) is 2.51. The molecule has 19 heavy (non-hydrogen) atoms. The molecule has 0 bridgehead atoms. The number of carbonyl (C=O) groups excluding carboxylic acids is 1. The van der Waals surface area contributed by atoms with Gasteiger partial charge in [-0.2, -0.15) is 5.26 Å². The first-order chi connectivity index (χ1) is 9.20. The van der Waals surface area contributed by atoms with Crippen LogP contribution in [0, 0.1) is 11.3 Å². The van der Waals surface area contributed by atoms with Crippen LogP contribution in [0.5, 0.6) is 5.75 Å². The van der Waals surface area contributed by atoms with Gasteiger partial charge in [0.05, 0.1) is 5.56 Å². The number of para-hydroxylation sites is 1. The lowest BCUT2D eigenvalue weighted by molar-refractivity contribution is 0.0921. The summed E-state index contributed by atoms with van der Waals surface area (Å²) < 4.78 is 6.24. The van der Waals surface area contributed by atoms with E-state index in [9.17, 15) is 4.79 Å². The normalized spacial score (nSPS) is 9.68. The van der Waals surface area contributed by atoms with E-state index in [2.05, 4.69) is 15.9 Å². The van der Waals surface area contributed by atoms with Gasteiger partial charge in [0.1, 0.15) is 11.8 Å². The number of nitriles is 1. The Morgan fingerprint density at radius 1 is 1.21 bits per heavy atom. The van der Waals surface area contributed by atoms with Crippen LogP contribution >= 0.6 is 15.9 Å². The largest absolute Gasteiger partial charge is 0.484 e. The minimum atomic E-state index is -0.131. The molecule has 0 aliphatic carbocycles. The zero-order chi connectivity index (χ0) is 13.7. The molecule has 0 radical (unpaired) electrons. The van der Waals surface area contributed by atoms with Crippen molar-refractivity contribution in [3.63, 3.8) is 0 Å². The highest BCUT2D eigenvalue weighted by Crippen LogP contribution is 2.17. The summed E-state index contributed by atoms with van der Waals surface area (Å²) in [6, 6.07) is 16.0. The Morgan fingerprint density at radius 3 is 2.74 bits per heavy atom. The van der Waals surface area contributed by atoms with Crippen molar-refractivity contribution in [3.8, 4) is 11.8 Å². The fraction of sp³-hybridized carbons (Fsp3) is 0.0667. The topological polar surface area (TPSA) is 50.1 Å². The Balaban J connectivity index is 2.07. The molecular formula is C15H10BrNO2. The molecule has 3 nitrogen and oxygen atoms in total. The average molecular weight is 316 g/mol. The van der Waals surface area contributed by atoms with Crippen LogP contribution in [0.15, 0.2) is 53.0 Å². The molecule has 0 aliphatic rings. The SMILES string of the molecule is N#Cc1ccccc1OCC(=O)c1cccc(Br)c1. The van der Waals surface area contributed by atoms with E-state index >= 15 is 0 Å². The minimum absolute atomic E-state index is 0.0881. The molecule has 94 valence electrons. The maximum Gasteiger partial charge on any atom is 0.200 e. The van der Waals surface area contributed by atoms with Crippen LogP contribution in [-0.2, 0) is 0 Å². The van der Waals surface area contributed by atoms with Gasteiger partial charge in [-0.3, -0.25) is 4.79 Å². The average Bonchev–Trinajstić information content (AvgIpc) is 2.45. The third kappa shape index (κ3) is 3.43. The Hall–Kier alpha value is -2.12. The summed E-state index contributed by atoms with van der Waals surface area (Å²) in [6.45, 7) is -0.0881. The number of carbonyl (C=O) groups is 1. The van der Waals surface area contributed by atoms with Crippen LogP contribution in [-0.4, -0.2) is 12.4 Å². The standard InChI is InChI=1S/C15H10BrNO2/c16-13-6-3-5-11(8-13)14(18)10-19-15-7-2-1-4-12(15)9-17/h1-8H,10H2. The highest BCUT2D eigenvalue weighted by atomic mass is 79.9. The van der Waals surface area contributed by atoms with E-state index in [1.54, 1.807) is 42.5 Å². The Bertz CT molecular complexity index is 647. The van der Waals surface area contributed by atoms with E-state index in [1.165, 1.54) is 0 Å². The van der Waals surface area contributed by atoms with Crippen molar-refractivity contribution in [2.75, 3.05) is 6.61 Å². The number of benzene rings is 2. The second-order valence-electron chi connectivity index (χ2n) is 3.83. The Morgan fingerprint density at radius 2 is 2.00 bits per heavy atom. The highest BCUT2D eigenvalue weighted by Gasteiger charge is 2.09. The molecule has 0 heterocycles. The van der Waals surface area contributed by atoms with Crippen LogP contribution in [0.25, 0.3) is 0 Å². The number of Topliss-reactive ketones (excluding diaryl/α,β-unsaturated/α-hetero) is 1. The molecule has 0 N–H and O–H groups in total. The van der Waals surface area contributed by atoms with Crippen LogP contribution < -0.4 is 4.74 Å². The molecule has 0 saturated heterocycles. The summed E-state index contributed by atoms with van der Waals surface area (Å²) in [6.07, 6.45) is 0. The smallest absolute Gasteiger partial charge is 0.200 e. The summed E-state index contributed by atoms with van der Waals surface area (Å²) in [5.74, 6) is 0.294. The predicted molar refractivity (Wildman–Crippen MR) is 75.1 cm³/mol. The molecule has 2 aromatic carbocycles. The minimum Gasteiger partial charge on any atom is -0.484 e. The van der Waals surface area contributed by atoms with Crippen molar-refractivity contribution in [2.45, 2.75) is 0 Å². The summed E-state index contributed by atoms with van der Waals surface area (Å²) in [7, 11) is 0. The van der Waals surface area contributed by atoms with Crippen LogP contribution in [0.4, 0.5) is 0 Å². The predicted octanol–water partition coefficient (Wildman–Crippen LogP) is 3.58. The fourth-order valence-corrected chi connectivity index (χ4v) is 1.97. The zero-order valence-corrected chi connectivity index (χ0v) is 11.6. The van der Waals surface area contributed by atoms with Crippen LogP contribution in [0.1, 0.15) is 15.9 Å². The molecule has 0 unspecified atom stereocenters. The molecule has 2 rings (SSSR count). The number of rotatable bonds is 4. The summed E-state index contributed by atoms with van der Waals surface area (Å²) in [4.78, 5) is 11.9. The maximum atomic E-state index is 11.9. The van der Waals surface area contributed by atoms with Crippen LogP contribution in [0.3, 0.4) is 0 Å². The van der Waals surface area contributed by atoms with E-state index < -0.39 is 0 Å². The second kappa shape index (κ2) is 6.17.